The maximum atomic E-state index is 4.30. The van der Waals surface area contributed by atoms with Crippen LogP contribution in [0.25, 0.3) is 0 Å². The predicted molar refractivity (Wildman–Crippen MR) is 68.9 cm³/mol. The van der Waals surface area contributed by atoms with Crippen LogP contribution >= 0.6 is 0 Å². The molecule has 1 aliphatic heterocycles. The summed E-state index contributed by atoms with van der Waals surface area (Å²) in [6.45, 7) is 5.45. The molecular weight excluding hydrogens is 226 g/mol. The van der Waals surface area contributed by atoms with Gasteiger partial charge in [0.1, 0.15) is 5.82 Å². The maximum Gasteiger partial charge on any atom is 0.120 e. The first-order chi connectivity index (χ1) is 8.83. The molecule has 2 aromatic heterocycles. The predicted octanol–water partition coefficient (Wildman–Crippen LogP) is 1.69. The molecule has 0 amide bonds. The van der Waals surface area contributed by atoms with Gasteiger partial charge >= 0.3 is 0 Å². The van der Waals surface area contributed by atoms with E-state index in [0.29, 0.717) is 12.0 Å². The Kier molecular flexibility index (Phi) is 3.15. The molecule has 5 nitrogen and oxygen atoms in total. The second-order valence-electron chi connectivity index (χ2n) is 5.11. The number of hydrogen-bond acceptors (Lipinski definition) is 3. The van der Waals surface area contributed by atoms with E-state index >= 15 is 0 Å². The number of aromatic nitrogens is 4. The molecule has 3 rings (SSSR count). The van der Waals surface area contributed by atoms with Gasteiger partial charge in [0.2, 0.25) is 0 Å². The average Bonchev–Trinajstić information content (AvgIpc) is 3.04. The zero-order chi connectivity index (χ0) is 12.4. The van der Waals surface area contributed by atoms with Crippen LogP contribution < -0.4 is 0 Å². The smallest absolute Gasteiger partial charge is 0.120 e. The van der Waals surface area contributed by atoms with E-state index in [2.05, 4.69) is 37.5 Å². The number of likely N-dealkylation sites (tertiary alicyclic amines) is 1. The summed E-state index contributed by atoms with van der Waals surface area (Å²) in [5.41, 5.74) is 0. The van der Waals surface area contributed by atoms with Gasteiger partial charge in [0, 0.05) is 37.4 Å². The molecule has 0 aliphatic carbocycles. The van der Waals surface area contributed by atoms with Crippen LogP contribution in [0.4, 0.5) is 0 Å². The fourth-order valence-electron chi connectivity index (χ4n) is 2.71. The van der Waals surface area contributed by atoms with Gasteiger partial charge in [-0.25, -0.2) is 9.97 Å². The van der Waals surface area contributed by atoms with E-state index in [-0.39, 0.29) is 0 Å². The Balaban J connectivity index is 1.68. The van der Waals surface area contributed by atoms with E-state index in [9.17, 15) is 0 Å². The van der Waals surface area contributed by atoms with Gasteiger partial charge in [-0.05, 0) is 18.9 Å². The molecule has 18 heavy (non-hydrogen) atoms. The molecule has 0 radical (unpaired) electrons. The lowest BCUT2D eigenvalue weighted by Gasteiger charge is -2.37. The van der Waals surface area contributed by atoms with Gasteiger partial charge in [0.05, 0.1) is 12.9 Å². The van der Waals surface area contributed by atoms with Crippen molar-refractivity contribution in [2.45, 2.75) is 25.9 Å². The van der Waals surface area contributed by atoms with E-state index < -0.39 is 0 Å². The van der Waals surface area contributed by atoms with Gasteiger partial charge in [0.15, 0.2) is 0 Å². The van der Waals surface area contributed by atoms with Crippen LogP contribution in [0.5, 0.6) is 0 Å². The molecule has 0 aromatic carbocycles. The molecule has 0 unspecified atom stereocenters. The number of hydrogen-bond donors (Lipinski definition) is 1. The van der Waals surface area contributed by atoms with Crippen molar-refractivity contribution in [3.63, 3.8) is 0 Å². The molecule has 0 spiro atoms. The Morgan fingerprint density at radius 2 is 2.39 bits per heavy atom. The summed E-state index contributed by atoms with van der Waals surface area (Å²) in [7, 11) is 0. The lowest BCUT2D eigenvalue weighted by atomic mass is 9.93. The molecule has 1 saturated heterocycles. The first kappa shape index (κ1) is 11.5. The lowest BCUT2D eigenvalue weighted by molar-refractivity contribution is 0.124. The summed E-state index contributed by atoms with van der Waals surface area (Å²) < 4.78 is 2.24. The molecule has 5 heteroatoms. The van der Waals surface area contributed by atoms with Gasteiger partial charge in [-0.1, -0.05) is 6.92 Å². The third-order valence-electron chi connectivity index (χ3n) is 3.84. The normalized spacial score (nSPS) is 25.4. The summed E-state index contributed by atoms with van der Waals surface area (Å²) in [5.74, 6) is 1.75. The van der Waals surface area contributed by atoms with Crippen LogP contribution in [0.2, 0.25) is 0 Å². The van der Waals surface area contributed by atoms with Gasteiger partial charge < -0.3 is 9.55 Å². The Morgan fingerprint density at radius 1 is 1.44 bits per heavy atom. The molecule has 3 heterocycles. The van der Waals surface area contributed by atoms with Crippen LogP contribution in [0.3, 0.4) is 0 Å². The number of piperidine rings is 1. The van der Waals surface area contributed by atoms with Crippen LogP contribution in [0.1, 0.15) is 25.2 Å². The van der Waals surface area contributed by atoms with Gasteiger partial charge in [-0.15, -0.1) is 0 Å². The van der Waals surface area contributed by atoms with E-state index in [1.54, 1.807) is 0 Å². The monoisotopic (exact) mass is 245 g/mol. The average molecular weight is 245 g/mol. The Morgan fingerprint density at radius 3 is 3.11 bits per heavy atom. The minimum atomic E-state index is 0.524. The van der Waals surface area contributed by atoms with Crippen molar-refractivity contribution < 1.29 is 0 Å². The van der Waals surface area contributed by atoms with E-state index in [1.165, 1.54) is 6.42 Å². The zero-order valence-electron chi connectivity index (χ0n) is 10.7. The fraction of sp³-hybridized carbons (Fsp3) is 0.538. The van der Waals surface area contributed by atoms with Crippen molar-refractivity contribution in [1.82, 2.24) is 24.4 Å². The molecule has 2 aromatic rings. The SMILES string of the molecule is C[C@@H]1CCN(Cc2ncc[nH]2)C[C@@H]1n1ccnc1. The van der Waals surface area contributed by atoms with Gasteiger partial charge in [-0.2, -0.15) is 0 Å². The summed E-state index contributed by atoms with van der Waals surface area (Å²) in [6.07, 6.45) is 10.8. The minimum Gasteiger partial charge on any atom is -0.348 e. The molecule has 1 fully saturated rings. The summed E-state index contributed by atoms with van der Waals surface area (Å²) in [6, 6.07) is 0.524. The number of aromatic amines is 1. The molecule has 1 aliphatic rings. The van der Waals surface area contributed by atoms with Crippen molar-refractivity contribution in [3.05, 3.63) is 36.9 Å². The second-order valence-corrected chi connectivity index (χ2v) is 5.11. The molecule has 0 saturated carbocycles. The fourth-order valence-corrected chi connectivity index (χ4v) is 2.71. The van der Waals surface area contributed by atoms with Gasteiger partial charge in [-0.3, -0.25) is 4.90 Å². The minimum absolute atomic E-state index is 0.524. The van der Waals surface area contributed by atoms with Crippen LogP contribution in [-0.4, -0.2) is 37.5 Å². The van der Waals surface area contributed by atoms with Crippen molar-refractivity contribution in [1.29, 1.82) is 0 Å². The largest absolute Gasteiger partial charge is 0.348 e. The van der Waals surface area contributed by atoms with Crippen molar-refractivity contribution >= 4 is 0 Å². The topological polar surface area (TPSA) is 49.7 Å². The highest BCUT2D eigenvalue weighted by molar-refractivity contribution is 4.92. The lowest BCUT2D eigenvalue weighted by Crippen LogP contribution is -2.40. The molecular formula is C13H19N5. The summed E-state index contributed by atoms with van der Waals surface area (Å²) in [4.78, 5) is 14.1. The number of nitrogens with one attached hydrogen (secondary N) is 1. The van der Waals surface area contributed by atoms with E-state index in [0.717, 1.165) is 25.5 Å². The first-order valence-corrected chi connectivity index (χ1v) is 6.51. The van der Waals surface area contributed by atoms with Crippen molar-refractivity contribution in [2.75, 3.05) is 13.1 Å². The Bertz CT molecular complexity index is 462. The Hall–Kier alpha value is -1.62. The quantitative estimate of drug-likeness (QED) is 0.895. The van der Waals surface area contributed by atoms with Crippen LogP contribution in [0, 0.1) is 5.92 Å². The van der Waals surface area contributed by atoms with Crippen molar-refractivity contribution in [2.24, 2.45) is 5.92 Å². The van der Waals surface area contributed by atoms with Crippen LogP contribution in [-0.2, 0) is 6.54 Å². The Labute approximate surface area is 107 Å². The number of H-pyrrole nitrogens is 1. The number of rotatable bonds is 3. The standard InChI is InChI=1S/C13H19N5/c1-11-2-6-17(9-13-15-3-4-16-13)8-12(11)18-7-5-14-10-18/h3-5,7,10-12H,2,6,8-9H2,1H3,(H,15,16)/t11-,12+/m1/s1. The third kappa shape index (κ3) is 2.31. The maximum absolute atomic E-state index is 4.30. The molecule has 96 valence electrons. The summed E-state index contributed by atoms with van der Waals surface area (Å²) >= 11 is 0. The molecule has 2 atom stereocenters. The van der Waals surface area contributed by atoms with E-state index in [1.807, 2.05) is 24.9 Å². The third-order valence-corrected chi connectivity index (χ3v) is 3.84. The summed E-state index contributed by atoms with van der Waals surface area (Å²) in [5, 5.41) is 0. The first-order valence-electron chi connectivity index (χ1n) is 6.51. The highest BCUT2D eigenvalue weighted by atomic mass is 15.2. The highest BCUT2D eigenvalue weighted by Gasteiger charge is 2.27. The molecule has 0 bridgehead atoms. The van der Waals surface area contributed by atoms with Crippen LogP contribution in [0.15, 0.2) is 31.1 Å². The number of nitrogens with zero attached hydrogens (tertiary/aromatic N) is 4. The zero-order valence-corrected chi connectivity index (χ0v) is 10.7. The molecule has 1 N–H and O–H groups in total. The van der Waals surface area contributed by atoms with Crippen molar-refractivity contribution in [3.8, 4) is 0 Å². The second kappa shape index (κ2) is 4.94. The highest BCUT2D eigenvalue weighted by Crippen LogP contribution is 2.27. The van der Waals surface area contributed by atoms with Gasteiger partial charge in [0.25, 0.3) is 0 Å². The van der Waals surface area contributed by atoms with E-state index in [4.69, 9.17) is 0 Å². The number of imidazole rings is 2.